The Morgan fingerprint density at radius 3 is 2.86 bits per heavy atom. The first-order valence-corrected chi connectivity index (χ1v) is 10.2. The van der Waals surface area contributed by atoms with Crippen molar-refractivity contribution in [3.8, 4) is 0 Å². The van der Waals surface area contributed by atoms with Crippen molar-refractivity contribution in [3.05, 3.63) is 80.9 Å². The van der Waals surface area contributed by atoms with Gasteiger partial charge in [0.1, 0.15) is 5.02 Å². The largest absolute Gasteiger partial charge is 0.382 e. The highest BCUT2D eigenvalue weighted by molar-refractivity contribution is 9.10. The number of carbonyl (C=O) groups is 1. The van der Waals surface area contributed by atoms with Gasteiger partial charge in [-0.3, -0.25) is 9.48 Å². The second-order valence-corrected chi connectivity index (χ2v) is 8.17. The summed E-state index contributed by atoms with van der Waals surface area (Å²) >= 11 is 9.69. The second kappa shape index (κ2) is 8.39. The first kappa shape index (κ1) is 19.7. The highest BCUT2D eigenvalue weighted by Crippen LogP contribution is 2.23. The van der Waals surface area contributed by atoms with E-state index in [0.29, 0.717) is 23.8 Å². The molecule has 1 aliphatic rings. The van der Waals surface area contributed by atoms with Gasteiger partial charge in [0, 0.05) is 22.7 Å². The fourth-order valence-electron chi connectivity index (χ4n) is 3.00. The Balaban J connectivity index is 1.39. The van der Waals surface area contributed by atoms with Crippen molar-refractivity contribution in [2.75, 3.05) is 5.32 Å². The summed E-state index contributed by atoms with van der Waals surface area (Å²) in [5.41, 5.74) is 3.93. The van der Waals surface area contributed by atoms with Crippen LogP contribution in [0.15, 0.2) is 64.4 Å². The number of nitrogens with one attached hydrogen (secondary N) is 1. The smallest absolute Gasteiger partial charge is 0.269 e. The van der Waals surface area contributed by atoms with Crippen molar-refractivity contribution in [2.24, 2.45) is 5.16 Å². The van der Waals surface area contributed by atoms with Crippen LogP contribution in [-0.2, 0) is 16.2 Å². The van der Waals surface area contributed by atoms with Gasteiger partial charge >= 0.3 is 0 Å². The molecule has 0 saturated carbocycles. The Morgan fingerprint density at radius 2 is 2.10 bits per heavy atom. The molecule has 0 fully saturated rings. The Hall–Kier alpha value is -2.64. The number of anilines is 1. The Morgan fingerprint density at radius 1 is 1.31 bits per heavy atom. The van der Waals surface area contributed by atoms with Gasteiger partial charge in [-0.2, -0.15) is 5.10 Å². The first-order valence-electron chi connectivity index (χ1n) is 9.06. The lowest BCUT2D eigenvalue weighted by Gasteiger charge is -2.08. The molecule has 2 heterocycles. The van der Waals surface area contributed by atoms with Crippen LogP contribution in [0.4, 0.5) is 5.82 Å². The Kier molecular flexibility index (Phi) is 5.69. The zero-order chi connectivity index (χ0) is 20.4. The van der Waals surface area contributed by atoms with Crippen LogP contribution in [0.3, 0.4) is 0 Å². The molecule has 0 saturated heterocycles. The number of amides is 1. The van der Waals surface area contributed by atoms with Crippen LogP contribution in [0.1, 0.15) is 23.1 Å². The molecule has 8 heteroatoms. The highest BCUT2D eigenvalue weighted by atomic mass is 79.9. The third kappa shape index (κ3) is 4.68. The molecular weight excluding hydrogens is 456 g/mol. The molecule has 1 atom stereocenters. The van der Waals surface area contributed by atoms with E-state index in [1.54, 1.807) is 10.9 Å². The molecule has 0 bridgehead atoms. The van der Waals surface area contributed by atoms with Crippen molar-refractivity contribution >= 4 is 45.0 Å². The molecule has 1 amide bonds. The fourth-order valence-corrected chi connectivity index (χ4v) is 3.59. The minimum atomic E-state index is -0.720. The van der Waals surface area contributed by atoms with E-state index >= 15 is 0 Å². The fraction of sp³-hybridized carbons (Fsp3) is 0.190. The third-order valence-corrected chi connectivity index (χ3v) is 5.31. The summed E-state index contributed by atoms with van der Waals surface area (Å²) < 4.78 is 2.64. The van der Waals surface area contributed by atoms with Crippen LogP contribution in [-0.4, -0.2) is 27.5 Å². The highest BCUT2D eigenvalue weighted by Gasteiger charge is 2.30. The van der Waals surface area contributed by atoms with E-state index < -0.39 is 6.10 Å². The number of aromatic nitrogens is 2. The monoisotopic (exact) mass is 472 g/mol. The zero-order valence-corrected chi connectivity index (χ0v) is 17.9. The lowest BCUT2D eigenvalue weighted by atomic mass is 10.0. The number of nitrogens with zero attached hydrogens (tertiary/aromatic N) is 3. The summed E-state index contributed by atoms with van der Waals surface area (Å²) in [7, 11) is 0. The van der Waals surface area contributed by atoms with Crippen molar-refractivity contribution in [1.29, 1.82) is 0 Å². The number of halogens is 2. The number of aryl methyl sites for hydroxylation is 1. The van der Waals surface area contributed by atoms with E-state index in [1.165, 1.54) is 5.56 Å². The Labute approximate surface area is 181 Å². The summed E-state index contributed by atoms with van der Waals surface area (Å²) in [6.07, 6.45) is 1.35. The van der Waals surface area contributed by atoms with Gasteiger partial charge in [0.25, 0.3) is 5.91 Å². The topological polar surface area (TPSA) is 68.5 Å². The third-order valence-electron chi connectivity index (χ3n) is 4.54. The van der Waals surface area contributed by atoms with E-state index in [9.17, 15) is 4.79 Å². The maximum Gasteiger partial charge on any atom is 0.269 e. The van der Waals surface area contributed by atoms with Crippen LogP contribution in [0, 0.1) is 6.92 Å². The quantitative estimate of drug-likeness (QED) is 0.579. The molecule has 29 heavy (non-hydrogen) atoms. The van der Waals surface area contributed by atoms with Gasteiger partial charge in [-0.25, -0.2) is 0 Å². The molecule has 0 aliphatic carbocycles. The number of oxime groups is 1. The van der Waals surface area contributed by atoms with Crippen molar-refractivity contribution in [1.82, 2.24) is 9.78 Å². The van der Waals surface area contributed by atoms with E-state index in [-0.39, 0.29) is 5.91 Å². The van der Waals surface area contributed by atoms with Crippen LogP contribution >= 0.6 is 27.5 Å². The average molecular weight is 474 g/mol. The summed E-state index contributed by atoms with van der Waals surface area (Å²) in [6.45, 7) is 2.60. The average Bonchev–Trinajstić information content (AvgIpc) is 3.31. The van der Waals surface area contributed by atoms with E-state index in [0.717, 1.165) is 21.3 Å². The SMILES string of the molecule is Cc1ccc(Cn2cc(Cl)c(NC(=O)C3CC(c4cccc(Br)c4)=NO3)n2)cc1. The molecule has 3 aromatic rings. The molecule has 4 rings (SSSR count). The van der Waals surface area contributed by atoms with E-state index in [4.69, 9.17) is 16.4 Å². The van der Waals surface area contributed by atoms with Crippen molar-refractivity contribution in [2.45, 2.75) is 26.0 Å². The van der Waals surface area contributed by atoms with Crippen LogP contribution in [0.2, 0.25) is 5.02 Å². The predicted octanol–water partition coefficient (Wildman–Crippen LogP) is 4.79. The molecule has 1 aromatic heterocycles. The second-order valence-electron chi connectivity index (χ2n) is 6.84. The molecule has 6 nitrogen and oxygen atoms in total. The minimum Gasteiger partial charge on any atom is -0.382 e. The minimum absolute atomic E-state index is 0.309. The molecule has 0 spiro atoms. The van der Waals surface area contributed by atoms with Crippen LogP contribution in [0.5, 0.6) is 0 Å². The summed E-state index contributed by atoms with van der Waals surface area (Å²) in [6, 6.07) is 15.9. The van der Waals surface area contributed by atoms with Gasteiger partial charge in [-0.05, 0) is 24.6 Å². The number of hydrogen-bond donors (Lipinski definition) is 1. The number of rotatable bonds is 5. The normalized spacial score (nSPS) is 15.7. The number of benzene rings is 2. The summed E-state index contributed by atoms with van der Waals surface area (Å²) in [5.74, 6) is -0.0236. The van der Waals surface area contributed by atoms with Crippen molar-refractivity contribution < 1.29 is 9.63 Å². The summed E-state index contributed by atoms with van der Waals surface area (Å²) in [5, 5.41) is 11.6. The molecular formula is C21H18BrClN4O2. The van der Waals surface area contributed by atoms with Gasteiger partial charge in [-0.15, -0.1) is 0 Å². The maximum absolute atomic E-state index is 12.6. The van der Waals surface area contributed by atoms with Crippen LogP contribution < -0.4 is 5.32 Å². The van der Waals surface area contributed by atoms with E-state index in [1.807, 2.05) is 55.5 Å². The lowest BCUT2D eigenvalue weighted by molar-refractivity contribution is -0.125. The first-order chi connectivity index (χ1) is 14.0. The molecule has 2 aromatic carbocycles. The zero-order valence-electron chi connectivity index (χ0n) is 15.6. The maximum atomic E-state index is 12.6. The number of carbonyl (C=O) groups excluding carboxylic acids is 1. The lowest BCUT2D eigenvalue weighted by Crippen LogP contribution is -2.28. The number of hydrogen-bond acceptors (Lipinski definition) is 4. The van der Waals surface area contributed by atoms with Gasteiger partial charge in [0.05, 0.1) is 12.3 Å². The summed E-state index contributed by atoms with van der Waals surface area (Å²) in [4.78, 5) is 17.9. The van der Waals surface area contributed by atoms with Gasteiger partial charge < -0.3 is 10.2 Å². The molecule has 148 valence electrons. The standard InChI is InChI=1S/C21H18BrClN4O2/c1-13-5-7-14(8-6-13)11-27-12-17(23)20(25-27)24-21(28)19-10-18(26-29-19)15-3-2-4-16(22)9-15/h2-9,12,19H,10-11H2,1H3,(H,24,25,28). The Bertz CT molecular complexity index is 1080. The molecule has 1 unspecified atom stereocenters. The van der Waals surface area contributed by atoms with E-state index in [2.05, 4.69) is 31.5 Å². The van der Waals surface area contributed by atoms with Crippen LogP contribution in [0.25, 0.3) is 0 Å². The van der Waals surface area contributed by atoms with Gasteiger partial charge in [0.2, 0.25) is 6.10 Å². The molecule has 1 aliphatic heterocycles. The van der Waals surface area contributed by atoms with Gasteiger partial charge in [0.15, 0.2) is 5.82 Å². The molecule has 0 radical (unpaired) electrons. The predicted molar refractivity (Wildman–Crippen MR) is 116 cm³/mol. The van der Waals surface area contributed by atoms with Crippen molar-refractivity contribution in [3.63, 3.8) is 0 Å². The molecule has 1 N–H and O–H groups in total. The van der Waals surface area contributed by atoms with Gasteiger partial charge in [-0.1, -0.05) is 74.6 Å².